The van der Waals surface area contributed by atoms with E-state index in [0.717, 1.165) is 19.4 Å². The summed E-state index contributed by atoms with van der Waals surface area (Å²) in [7, 11) is -3.40. The van der Waals surface area contributed by atoms with E-state index in [9.17, 15) is 8.42 Å². The number of nitrogens with one attached hydrogen (secondary N) is 1. The summed E-state index contributed by atoms with van der Waals surface area (Å²) in [5.74, 6) is 1.86. The van der Waals surface area contributed by atoms with Crippen LogP contribution in [0, 0.1) is 11.8 Å². The fourth-order valence-corrected chi connectivity index (χ4v) is 4.26. The van der Waals surface area contributed by atoms with E-state index in [1.54, 1.807) is 22.6 Å². The first kappa shape index (κ1) is 16.2. The number of anilines is 1. The molecule has 0 radical (unpaired) electrons. The molecule has 0 atom stereocenters. The molecule has 0 aliphatic carbocycles. The highest BCUT2D eigenvalue weighted by Gasteiger charge is 2.30. The van der Waals surface area contributed by atoms with Crippen molar-refractivity contribution in [3.63, 3.8) is 0 Å². The van der Waals surface area contributed by atoms with Crippen LogP contribution in [0.2, 0.25) is 0 Å². The molecule has 1 aromatic rings. The molecule has 1 aromatic heterocycles. The Kier molecular flexibility index (Phi) is 5.22. The molecule has 0 unspecified atom stereocenters. The highest BCUT2D eigenvalue weighted by Crippen LogP contribution is 2.28. The average Bonchev–Trinajstić information content (AvgIpc) is 2.48. The third-order valence-corrected chi connectivity index (χ3v) is 6.06. The summed E-state index contributed by atoms with van der Waals surface area (Å²) >= 11 is 0. The van der Waals surface area contributed by atoms with Gasteiger partial charge in [-0.1, -0.05) is 13.8 Å². The van der Waals surface area contributed by atoms with E-state index in [-0.39, 0.29) is 0 Å². The zero-order valence-corrected chi connectivity index (χ0v) is 13.9. The standard InChI is InChI=1S/C15H25N3O2S/c1-4-16-15-11-14(5-8-17-15)21(19,20)18-9-6-13(7-10-18)12(2)3/h5,8,11-13H,4,6-7,9-10H2,1-3H3,(H,16,17). The third-order valence-electron chi connectivity index (χ3n) is 4.17. The predicted octanol–water partition coefficient (Wildman–Crippen LogP) is 2.57. The Balaban J connectivity index is 2.13. The van der Waals surface area contributed by atoms with Gasteiger partial charge in [-0.25, -0.2) is 13.4 Å². The van der Waals surface area contributed by atoms with E-state index in [2.05, 4.69) is 24.1 Å². The largest absolute Gasteiger partial charge is 0.370 e. The lowest BCUT2D eigenvalue weighted by atomic mass is 9.87. The minimum Gasteiger partial charge on any atom is -0.370 e. The summed E-state index contributed by atoms with van der Waals surface area (Å²) in [4.78, 5) is 4.46. The second-order valence-electron chi connectivity index (χ2n) is 5.89. The Morgan fingerprint density at radius 1 is 1.38 bits per heavy atom. The molecule has 0 amide bonds. The number of hydrogen-bond acceptors (Lipinski definition) is 4. The lowest BCUT2D eigenvalue weighted by Gasteiger charge is -2.33. The molecule has 0 bridgehead atoms. The van der Waals surface area contributed by atoms with Crippen LogP contribution in [0.1, 0.15) is 33.6 Å². The monoisotopic (exact) mass is 311 g/mol. The number of piperidine rings is 1. The van der Waals surface area contributed by atoms with E-state index in [0.29, 0.717) is 35.6 Å². The van der Waals surface area contributed by atoms with Crippen molar-refractivity contribution in [2.45, 2.75) is 38.5 Å². The average molecular weight is 311 g/mol. The van der Waals surface area contributed by atoms with Gasteiger partial charge in [0, 0.05) is 31.9 Å². The second-order valence-corrected chi connectivity index (χ2v) is 7.83. The van der Waals surface area contributed by atoms with Gasteiger partial charge in [0.15, 0.2) is 0 Å². The van der Waals surface area contributed by atoms with E-state index >= 15 is 0 Å². The van der Waals surface area contributed by atoms with Crippen molar-refractivity contribution in [1.29, 1.82) is 0 Å². The molecule has 21 heavy (non-hydrogen) atoms. The van der Waals surface area contributed by atoms with Gasteiger partial charge < -0.3 is 5.32 Å². The first-order valence-corrected chi connectivity index (χ1v) is 9.09. The van der Waals surface area contributed by atoms with Crippen LogP contribution >= 0.6 is 0 Å². The Morgan fingerprint density at radius 3 is 2.62 bits per heavy atom. The summed E-state index contributed by atoms with van der Waals surface area (Å²) in [5.41, 5.74) is 0. The van der Waals surface area contributed by atoms with Crippen LogP contribution < -0.4 is 5.32 Å². The van der Waals surface area contributed by atoms with E-state index in [4.69, 9.17) is 0 Å². The molecule has 6 heteroatoms. The molecule has 118 valence electrons. The molecule has 1 N–H and O–H groups in total. The first-order chi connectivity index (χ1) is 9.95. The summed E-state index contributed by atoms with van der Waals surface area (Å²) in [6.07, 6.45) is 3.44. The Hall–Kier alpha value is -1.14. The van der Waals surface area contributed by atoms with Crippen LogP contribution in [0.5, 0.6) is 0 Å². The molecule has 2 rings (SSSR count). The SMILES string of the molecule is CCNc1cc(S(=O)(=O)N2CCC(C(C)C)CC2)ccn1. The minimum absolute atomic E-state index is 0.330. The van der Waals surface area contributed by atoms with Gasteiger partial charge in [0.1, 0.15) is 5.82 Å². The highest BCUT2D eigenvalue weighted by atomic mass is 32.2. The van der Waals surface area contributed by atoms with E-state index in [1.165, 1.54) is 0 Å². The van der Waals surface area contributed by atoms with Crippen molar-refractivity contribution in [2.75, 3.05) is 25.0 Å². The molecular formula is C15H25N3O2S. The molecule has 1 fully saturated rings. The number of pyridine rings is 1. The first-order valence-electron chi connectivity index (χ1n) is 7.65. The van der Waals surface area contributed by atoms with Crippen LogP contribution in [0.4, 0.5) is 5.82 Å². The van der Waals surface area contributed by atoms with Crippen molar-refractivity contribution >= 4 is 15.8 Å². The number of hydrogen-bond donors (Lipinski definition) is 1. The van der Waals surface area contributed by atoms with Crippen LogP contribution in [0.25, 0.3) is 0 Å². The smallest absolute Gasteiger partial charge is 0.243 e. The lowest BCUT2D eigenvalue weighted by molar-refractivity contribution is 0.226. The van der Waals surface area contributed by atoms with Gasteiger partial charge in [0.25, 0.3) is 0 Å². The molecule has 0 spiro atoms. The number of nitrogens with zero attached hydrogens (tertiary/aromatic N) is 2. The Labute approximate surface area is 127 Å². The lowest BCUT2D eigenvalue weighted by Crippen LogP contribution is -2.39. The molecule has 0 saturated carbocycles. The van der Waals surface area contributed by atoms with Crippen LogP contribution in [-0.2, 0) is 10.0 Å². The fourth-order valence-electron chi connectivity index (χ4n) is 2.78. The van der Waals surface area contributed by atoms with Gasteiger partial charge in [-0.3, -0.25) is 0 Å². The quantitative estimate of drug-likeness (QED) is 0.908. The molecule has 5 nitrogen and oxygen atoms in total. The van der Waals surface area contributed by atoms with Gasteiger partial charge in [-0.2, -0.15) is 4.31 Å². The predicted molar refractivity (Wildman–Crippen MR) is 84.7 cm³/mol. The maximum atomic E-state index is 12.7. The topological polar surface area (TPSA) is 62.3 Å². The number of aromatic nitrogens is 1. The minimum atomic E-state index is -3.40. The zero-order chi connectivity index (χ0) is 15.5. The second kappa shape index (κ2) is 6.75. The highest BCUT2D eigenvalue weighted by molar-refractivity contribution is 7.89. The Bertz CT molecular complexity index is 564. The molecule has 2 heterocycles. The normalized spacial score (nSPS) is 18.1. The van der Waals surface area contributed by atoms with E-state index in [1.807, 2.05) is 6.92 Å². The van der Waals surface area contributed by atoms with Crippen molar-refractivity contribution in [3.05, 3.63) is 18.3 Å². The van der Waals surface area contributed by atoms with Crippen molar-refractivity contribution in [2.24, 2.45) is 11.8 Å². The fraction of sp³-hybridized carbons (Fsp3) is 0.667. The summed E-state index contributed by atoms with van der Waals surface area (Å²) in [5, 5.41) is 3.05. The van der Waals surface area contributed by atoms with Crippen molar-refractivity contribution in [1.82, 2.24) is 9.29 Å². The maximum Gasteiger partial charge on any atom is 0.243 e. The number of rotatable bonds is 5. The Morgan fingerprint density at radius 2 is 2.05 bits per heavy atom. The summed E-state index contributed by atoms with van der Waals surface area (Å²) in [6, 6.07) is 3.19. The van der Waals surface area contributed by atoms with Crippen molar-refractivity contribution in [3.8, 4) is 0 Å². The van der Waals surface area contributed by atoms with Crippen LogP contribution in [-0.4, -0.2) is 37.3 Å². The van der Waals surface area contributed by atoms with E-state index < -0.39 is 10.0 Å². The third kappa shape index (κ3) is 3.74. The molecule has 1 saturated heterocycles. The summed E-state index contributed by atoms with van der Waals surface area (Å²) in [6.45, 7) is 8.32. The molecule has 0 aromatic carbocycles. The van der Waals surface area contributed by atoms with Gasteiger partial charge in [-0.15, -0.1) is 0 Å². The maximum absolute atomic E-state index is 12.7. The number of sulfonamides is 1. The van der Waals surface area contributed by atoms with Gasteiger partial charge in [0.05, 0.1) is 4.90 Å². The van der Waals surface area contributed by atoms with Gasteiger partial charge in [0.2, 0.25) is 10.0 Å². The molecule has 1 aliphatic heterocycles. The van der Waals surface area contributed by atoms with Gasteiger partial charge >= 0.3 is 0 Å². The van der Waals surface area contributed by atoms with Crippen LogP contribution in [0.15, 0.2) is 23.2 Å². The zero-order valence-electron chi connectivity index (χ0n) is 13.0. The van der Waals surface area contributed by atoms with Gasteiger partial charge in [-0.05, 0) is 37.7 Å². The molecular weight excluding hydrogens is 286 g/mol. The molecule has 1 aliphatic rings. The van der Waals surface area contributed by atoms with Crippen molar-refractivity contribution < 1.29 is 8.42 Å². The summed E-state index contributed by atoms with van der Waals surface area (Å²) < 4.78 is 27.0. The van der Waals surface area contributed by atoms with Crippen LogP contribution in [0.3, 0.4) is 0 Å².